The molecule has 1 aliphatic rings. The second-order valence-corrected chi connectivity index (χ2v) is 5.46. The third-order valence-corrected chi connectivity index (χ3v) is 4.01. The highest BCUT2D eigenvalue weighted by Crippen LogP contribution is 2.22. The number of carbonyl (C=O) groups is 1. The molecule has 0 bridgehead atoms. The Kier molecular flexibility index (Phi) is 4.09. The van der Waals surface area contributed by atoms with E-state index < -0.39 is 0 Å². The van der Waals surface area contributed by atoms with Gasteiger partial charge in [-0.15, -0.1) is 0 Å². The van der Waals surface area contributed by atoms with Gasteiger partial charge < -0.3 is 11.1 Å². The number of benzene rings is 1. The standard InChI is InChI=1S/C15H19N3O.H3N/c1-11-7-9-18(10-8-11)15(19)14-12-5-3-4-6-13(12)16-17(14)2;/h3-6,11H,7-10H2,1-2H3;1H3. The van der Waals surface area contributed by atoms with Crippen molar-refractivity contribution >= 4 is 16.8 Å². The first-order valence-corrected chi connectivity index (χ1v) is 6.88. The van der Waals surface area contributed by atoms with Gasteiger partial charge in [0.2, 0.25) is 0 Å². The lowest BCUT2D eigenvalue weighted by Crippen LogP contribution is -2.38. The van der Waals surface area contributed by atoms with Gasteiger partial charge in [-0.1, -0.05) is 25.1 Å². The molecule has 1 aliphatic heterocycles. The largest absolute Gasteiger partial charge is 0.344 e. The van der Waals surface area contributed by atoms with Gasteiger partial charge in [0.05, 0.1) is 5.52 Å². The van der Waals surface area contributed by atoms with Crippen LogP contribution in [0.15, 0.2) is 24.3 Å². The zero-order valence-corrected chi connectivity index (χ0v) is 12.2. The highest BCUT2D eigenvalue weighted by molar-refractivity contribution is 6.05. The molecule has 0 spiro atoms. The molecular formula is C15H22N4O. The second kappa shape index (κ2) is 5.63. The number of piperidine rings is 1. The molecule has 1 fully saturated rings. The molecule has 1 amide bonds. The van der Waals surface area contributed by atoms with Crippen molar-refractivity contribution in [3.63, 3.8) is 0 Å². The number of carbonyl (C=O) groups excluding carboxylic acids is 1. The molecule has 108 valence electrons. The van der Waals surface area contributed by atoms with Crippen LogP contribution in [0.1, 0.15) is 30.3 Å². The van der Waals surface area contributed by atoms with E-state index in [9.17, 15) is 4.79 Å². The average Bonchev–Trinajstić information content (AvgIpc) is 2.74. The van der Waals surface area contributed by atoms with E-state index in [0.29, 0.717) is 5.69 Å². The lowest BCUT2D eigenvalue weighted by Gasteiger charge is -2.30. The molecule has 0 radical (unpaired) electrons. The SMILES string of the molecule is CC1CCN(C(=O)c2c3ccccc3nn2C)CC1.N. The molecule has 0 aliphatic carbocycles. The number of hydrogen-bond acceptors (Lipinski definition) is 3. The van der Waals surface area contributed by atoms with E-state index in [1.165, 1.54) is 0 Å². The van der Waals surface area contributed by atoms with Crippen molar-refractivity contribution < 1.29 is 4.79 Å². The number of hydrogen-bond donors (Lipinski definition) is 1. The van der Waals surface area contributed by atoms with Gasteiger partial charge in [-0.2, -0.15) is 5.10 Å². The number of rotatable bonds is 1. The molecule has 3 rings (SSSR count). The smallest absolute Gasteiger partial charge is 0.272 e. The first-order chi connectivity index (χ1) is 9.16. The Balaban J connectivity index is 0.00000147. The van der Waals surface area contributed by atoms with Crippen molar-refractivity contribution in [2.75, 3.05) is 13.1 Å². The Labute approximate surface area is 119 Å². The lowest BCUT2D eigenvalue weighted by molar-refractivity contribution is 0.0688. The maximum atomic E-state index is 12.7. The summed E-state index contributed by atoms with van der Waals surface area (Å²) in [5.74, 6) is 0.843. The summed E-state index contributed by atoms with van der Waals surface area (Å²) in [5, 5.41) is 5.37. The molecule has 5 heteroatoms. The number of amides is 1. The zero-order chi connectivity index (χ0) is 13.4. The van der Waals surface area contributed by atoms with Crippen molar-refractivity contribution in [3.8, 4) is 0 Å². The number of fused-ring (bicyclic) bond motifs is 1. The summed E-state index contributed by atoms with van der Waals surface area (Å²) < 4.78 is 1.71. The average molecular weight is 274 g/mol. The van der Waals surface area contributed by atoms with Gasteiger partial charge >= 0.3 is 0 Å². The van der Waals surface area contributed by atoms with E-state index in [1.54, 1.807) is 4.68 Å². The predicted octanol–water partition coefficient (Wildman–Crippen LogP) is 2.61. The van der Waals surface area contributed by atoms with E-state index in [-0.39, 0.29) is 12.1 Å². The van der Waals surface area contributed by atoms with Crippen molar-refractivity contribution in [2.45, 2.75) is 19.8 Å². The monoisotopic (exact) mass is 274 g/mol. The van der Waals surface area contributed by atoms with Gasteiger partial charge in [0.1, 0.15) is 5.69 Å². The Morgan fingerprint density at radius 3 is 2.60 bits per heavy atom. The third-order valence-electron chi connectivity index (χ3n) is 4.01. The van der Waals surface area contributed by atoms with Crippen LogP contribution in [0.3, 0.4) is 0 Å². The van der Waals surface area contributed by atoms with E-state index in [2.05, 4.69) is 12.0 Å². The first kappa shape index (κ1) is 14.5. The van der Waals surface area contributed by atoms with Crippen LogP contribution >= 0.6 is 0 Å². The fourth-order valence-corrected chi connectivity index (χ4v) is 2.76. The van der Waals surface area contributed by atoms with Crippen LogP contribution in [0.5, 0.6) is 0 Å². The fourth-order valence-electron chi connectivity index (χ4n) is 2.76. The van der Waals surface area contributed by atoms with Crippen molar-refractivity contribution in [3.05, 3.63) is 30.0 Å². The molecular weight excluding hydrogens is 252 g/mol. The maximum absolute atomic E-state index is 12.7. The van der Waals surface area contributed by atoms with Gasteiger partial charge in [-0.3, -0.25) is 9.48 Å². The number of nitrogens with zero attached hydrogens (tertiary/aromatic N) is 3. The molecule has 1 aromatic heterocycles. The summed E-state index contributed by atoms with van der Waals surface area (Å²) in [6, 6.07) is 7.83. The number of likely N-dealkylation sites (tertiary alicyclic amines) is 1. The molecule has 5 nitrogen and oxygen atoms in total. The molecule has 1 saturated heterocycles. The molecule has 20 heavy (non-hydrogen) atoms. The quantitative estimate of drug-likeness (QED) is 0.868. The van der Waals surface area contributed by atoms with Gasteiger partial charge in [-0.05, 0) is 24.8 Å². The highest BCUT2D eigenvalue weighted by atomic mass is 16.2. The van der Waals surface area contributed by atoms with E-state index in [1.807, 2.05) is 36.2 Å². The molecule has 0 atom stereocenters. The van der Waals surface area contributed by atoms with Crippen LogP contribution in [0, 0.1) is 5.92 Å². The molecule has 2 heterocycles. The van der Waals surface area contributed by atoms with Crippen molar-refractivity contribution in [1.29, 1.82) is 0 Å². The van der Waals surface area contributed by atoms with Crippen LogP contribution in [-0.2, 0) is 7.05 Å². The van der Waals surface area contributed by atoms with Crippen LogP contribution in [-0.4, -0.2) is 33.7 Å². The summed E-state index contributed by atoms with van der Waals surface area (Å²) in [6.07, 6.45) is 2.20. The van der Waals surface area contributed by atoms with Crippen LogP contribution in [0.25, 0.3) is 10.9 Å². The van der Waals surface area contributed by atoms with Gasteiger partial charge in [-0.25, -0.2) is 0 Å². The van der Waals surface area contributed by atoms with Crippen LogP contribution in [0.2, 0.25) is 0 Å². The summed E-state index contributed by atoms with van der Waals surface area (Å²) in [4.78, 5) is 14.6. The molecule has 2 aromatic rings. The maximum Gasteiger partial charge on any atom is 0.272 e. The number of aryl methyl sites for hydroxylation is 1. The molecule has 0 unspecified atom stereocenters. The first-order valence-electron chi connectivity index (χ1n) is 6.88. The van der Waals surface area contributed by atoms with E-state index in [0.717, 1.165) is 42.8 Å². The summed E-state index contributed by atoms with van der Waals surface area (Å²) in [5.41, 5.74) is 1.60. The lowest BCUT2D eigenvalue weighted by atomic mass is 9.99. The summed E-state index contributed by atoms with van der Waals surface area (Å²) in [7, 11) is 1.85. The molecule has 3 N–H and O–H groups in total. The highest BCUT2D eigenvalue weighted by Gasteiger charge is 2.25. The van der Waals surface area contributed by atoms with Crippen LogP contribution in [0.4, 0.5) is 0 Å². The van der Waals surface area contributed by atoms with E-state index in [4.69, 9.17) is 0 Å². The third kappa shape index (κ3) is 2.41. The Morgan fingerprint density at radius 1 is 1.25 bits per heavy atom. The van der Waals surface area contributed by atoms with E-state index >= 15 is 0 Å². The minimum Gasteiger partial charge on any atom is -0.344 e. The Hall–Kier alpha value is -1.88. The van der Waals surface area contributed by atoms with Gasteiger partial charge in [0.25, 0.3) is 5.91 Å². The van der Waals surface area contributed by atoms with Crippen LogP contribution < -0.4 is 6.15 Å². The topological polar surface area (TPSA) is 73.1 Å². The molecule has 1 aromatic carbocycles. The summed E-state index contributed by atoms with van der Waals surface area (Å²) in [6.45, 7) is 3.97. The minimum absolute atomic E-state index is 0. The zero-order valence-electron chi connectivity index (χ0n) is 12.2. The normalized spacial score (nSPS) is 16.2. The Morgan fingerprint density at radius 2 is 1.90 bits per heavy atom. The molecule has 0 saturated carbocycles. The fraction of sp³-hybridized carbons (Fsp3) is 0.467. The van der Waals surface area contributed by atoms with Crippen molar-refractivity contribution in [2.24, 2.45) is 13.0 Å². The number of aromatic nitrogens is 2. The predicted molar refractivity (Wildman–Crippen MR) is 80.0 cm³/mol. The Bertz CT molecular complexity index is 611. The van der Waals surface area contributed by atoms with Crippen molar-refractivity contribution in [1.82, 2.24) is 20.8 Å². The second-order valence-electron chi connectivity index (χ2n) is 5.46. The minimum atomic E-state index is 0. The summed E-state index contributed by atoms with van der Waals surface area (Å²) >= 11 is 0. The van der Waals surface area contributed by atoms with Gasteiger partial charge in [0.15, 0.2) is 0 Å². The van der Waals surface area contributed by atoms with Gasteiger partial charge in [0, 0.05) is 25.5 Å².